The number of hydrogen-bond acceptors (Lipinski definition) is 4. The van der Waals surface area contributed by atoms with E-state index in [1.54, 1.807) is 0 Å². The molecule has 138 valence electrons. The zero-order chi connectivity index (χ0) is 19.6. The molecule has 0 radical (unpaired) electrons. The van der Waals surface area contributed by atoms with E-state index < -0.39 is 0 Å². The molecule has 1 amide bonds. The summed E-state index contributed by atoms with van der Waals surface area (Å²) in [6.07, 6.45) is 3.01. The molecule has 27 heavy (non-hydrogen) atoms. The summed E-state index contributed by atoms with van der Waals surface area (Å²) < 4.78 is 0. The van der Waals surface area contributed by atoms with Gasteiger partial charge in [0, 0.05) is 28.8 Å². The average molecular weight is 381 g/mol. The van der Waals surface area contributed by atoms with Crippen LogP contribution in [0.2, 0.25) is 5.02 Å². The quantitative estimate of drug-likeness (QED) is 0.639. The van der Waals surface area contributed by atoms with Crippen molar-refractivity contribution in [3.63, 3.8) is 0 Å². The number of benzene rings is 2. The van der Waals surface area contributed by atoms with Crippen molar-refractivity contribution < 1.29 is 4.79 Å². The van der Waals surface area contributed by atoms with Gasteiger partial charge in [-0.2, -0.15) is 0 Å². The molecule has 1 aromatic heterocycles. The molecule has 0 atom stereocenters. The second kappa shape index (κ2) is 7.76. The van der Waals surface area contributed by atoms with Gasteiger partial charge in [-0.1, -0.05) is 35.4 Å². The van der Waals surface area contributed by atoms with E-state index in [2.05, 4.69) is 20.6 Å². The van der Waals surface area contributed by atoms with Gasteiger partial charge >= 0.3 is 0 Å². The molecule has 6 heteroatoms. The van der Waals surface area contributed by atoms with Crippen LogP contribution >= 0.6 is 11.6 Å². The highest BCUT2D eigenvalue weighted by Crippen LogP contribution is 2.24. The largest absolute Gasteiger partial charge is 0.324 e. The first-order valence-corrected chi connectivity index (χ1v) is 8.95. The second-order valence-electron chi connectivity index (χ2n) is 6.61. The zero-order valence-electron chi connectivity index (χ0n) is 15.7. The maximum absolute atomic E-state index is 12.5. The molecule has 0 saturated heterocycles. The Morgan fingerprint density at radius 1 is 0.926 bits per heavy atom. The van der Waals surface area contributed by atoms with Gasteiger partial charge in [0.1, 0.15) is 0 Å². The Kier molecular flexibility index (Phi) is 5.42. The van der Waals surface area contributed by atoms with E-state index in [4.69, 9.17) is 11.6 Å². The Balaban J connectivity index is 1.75. The van der Waals surface area contributed by atoms with Crippen molar-refractivity contribution >= 4 is 34.8 Å². The lowest BCUT2D eigenvalue weighted by Gasteiger charge is -2.13. The van der Waals surface area contributed by atoms with Gasteiger partial charge in [-0.15, -0.1) is 0 Å². The number of carbonyl (C=O) groups is 1. The summed E-state index contributed by atoms with van der Waals surface area (Å²) in [6.45, 7) is 7.96. The average Bonchev–Trinajstić information content (AvgIpc) is 2.61. The lowest BCUT2D eigenvalue weighted by molar-refractivity contribution is 0.102. The molecule has 2 N–H and O–H groups in total. The number of nitrogens with zero attached hydrogens (tertiary/aromatic N) is 2. The smallest absolute Gasteiger partial charge is 0.258 e. The van der Waals surface area contributed by atoms with Crippen LogP contribution in [0.4, 0.5) is 17.3 Å². The topological polar surface area (TPSA) is 66.9 Å². The number of amides is 1. The number of rotatable bonds is 4. The summed E-state index contributed by atoms with van der Waals surface area (Å²) in [5, 5.41) is 6.69. The summed E-state index contributed by atoms with van der Waals surface area (Å²) >= 11 is 6.03. The lowest BCUT2D eigenvalue weighted by Crippen LogP contribution is -2.15. The van der Waals surface area contributed by atoms with Crippen molar-refractivity contribution in [3.8, 4) is 0 Å². The van der Waals surface area contributed by atoms with Gasteiger partial charge in [0.2, 0.25) is 5.95 Å². The number of carbonyl (C=O) groups excluding carboxylic acids is 1. The third kappa shape index (κ3) is 4.44. The zero-order valence-corrected chi connectivity index (χ0v) is 16.5. The van der Waals surface area contributed by atoms with E-state index in [1.807, 2.05) is 58.0 Å². The molecular weight excluding hydrogens is 360 g/mol. The van der Waals surface area contributed by atoms with E-state index in [0.717, 1.165) is 33.6 Å². The van der Waals surface area contributed by atoms with Crippen molar-refractivity contribution in [3.05, 3.63) is 75.6 Å². The molecule has 0 bridgehead atoms. The van der Waals surface area contributed by atoms with Crippen LogP contribution in [0, 0.1) is 27.7 Å². The van der Waals surface area contributed by atoms with Crippen LogP contribution in [0.1, 0.15) is 32.6 Å². The Bertz CT molecular complexity index is 977. The molecule has 0 saturated carbocycles. The van der Waals surface area contributed by atoms with Crippen LogP contribution in [0.15, 0.2) is 42.7 Å². The van der Waals surface area contributed by atoms with Gasteiger partial charge in [-0.3, -0.25) is 4.79 Å². The van der Waals surface area contributed by atoms with Gasteiger partial charge in [0.15, 0.2) is 0 Å². The Hall–Kier alpha value is -2.92. The third-order valence-corrected chi connectivity index (χ3v) is 4.51. The lowest BCUT2D eigenvalue weighted by atomic mass is 10.0. The van der Waals surface area contributed by atoms with Gasteiger partial charge < -0.3 is 10.6 Å². The molecule has 1 heterocycles. The fourth-order valence-electron chi connectivity index (χ4n) is 2.92. The van der Waals surface area contributed by atoms with Crippen LogP contribution in [0.25, 0.3) is 0 Å². The van der Waals surface area contributed by atoms with E-state index in [0.29, 0.717) is 16.5 Å². The van der Waals surface area contributed by atoms with Crippen LogP contribution in [-0.2, 0) is 0 Å². The Labute approximate surface area is 163 Å². The highest BCUT2D eigenvalue weighted by atomic mass is 35.5. The van der Waals surface area contributed by atoms with Crippen LogP contribution < -0.4 is 10.6 Å². The fraction of sp³-hybridized carbons (Fsp3) is 0.190. The number of aromatic nitrogens is 2. The minimum absolute atomic E-state index is 0.240. The van der Waals surface area contributed by atoms with Crippen LogP contribution in [-0.4, -0.2) is 15.9 Å². The van der Waals surface area contributed by atoms with Crippen molar-refractivity contribution in [1.82, 2.24) is 9.97 Å². The molecule has 0 aliphatic rings. The Morgan fingerprint density at radius 2 is 1.56 bits per heavy atom. The van der Waals surface area contributed by atoms with Crippen LogP contribution in [0.3, 0.4) is 0 Å². The van der Waals surface area contributed by atoms with Crippen LogP contribution in [0.5, 0.6) is 0 Å². The number of nitrogens with one attached hydrogen (secondary N) is 2. The van der Waals surface area contributed by atoms with Crippen molar-refractivity contribution in [1.29, 1.82) is 0 Å². The third-order valence-electron chi connectivity index (χ3n) is 4.28. The predicted octanol–water partition coefficient (Wildman–Crippen LogP) is 5.36. The number of aryl methyl sites for hydroxylation is 4. The maximum atomic E-state index is 12.5. The van der Waals surface area contributed by atoms with E-state index in [-0.39, 0.29) is 5.91 Å². The summed E-state index contributed by atoms with van der Waals surface area (Å²) in [5.41, 5.74) is 6.27. The summed E-state index contributed by atoms with van der Waals surface area (Å²) in [7, 11) is 0. The molecule has 0 aliphatic carbocycles. The Morgan fingerprint density at radius 3 is 2.19 bits per heavy atom. The standard InChI is InChI=1S/C21H21ClN4O/c1-12-7-14(3)19(15(4)8-12)26-20(27)16-10-23-21(24-11-16)25-18-9-17(22)6-5-13(18)2/h5-11H,1-4H3,(H,26,27)(H,23,24,25). The van der Waals surface area contributed by atoms with Gasteiger partial charge in [0.05, 0.1) is 5.56 Å². The molecule has 0 fully saturated rings. The first-order valence-electron chi connectivity index (χ1n) is 8.58. The minimum atomic E-state index is -0.240. The first-order chi connectivity index (χ1) is 12.8. The van der Waals surface area contributed by atoms with Gasteiger partial charge in [-0.05, 0) is 56.5 Å². The highest BCUT2D eigenvalue weighted by Gasteiger charge is 2.12. The second-order valence-corrected chi connectivity index (χ2v) is 7.04. The fourth-order valence-corrected chi connectivity index (χ4v) is 3.09. The van der Waals surface area contributed by atoms with E-state index >= 15 is 0 Å². The molecule has 3 aromatic rings. The predicted molar refractivity (Wildman–Crippen MR) is 110 cm³/mol. The number of hydrogen-bond donors (Lipinski definition) is 2. The maximum Gasteiger partial charge on any atom is 0.258 e. The summed E-state index contributed by atoms with van der Waals surface area (Å²) in [6, 6.07) is 9.63. The van der Waals surface area contributed by atoms with E-state index in [9.17, 15) is 4.79 Å². The van der Waals surface area contributed by atoms with Crippen molar-refractivity contribution in [2.24, 2.45) is 0 Å². The monoisotopic (exact) mass is 380 g/mol. The number of halogens is 1. The first kappa shape index (κ1) is 18.9. The highest BCUT2D eigenvalue weighted by molar-refractivity contribution is 6.30. The molecule has 3 rings (SSSR count). The molecule has 0 unspecified atom stereocenters. The number of anilines is 3. The SMILES string of the molecule is Cc1cc(C)c(NC(=O)c2cnc(Nc3cc(Cl)ccc3C)nc2)c(C)c1. The normalized spacial score (nSPS) is 10.6. The van der Waals surface area contributed by atoms with E-state index in [1.165, 1.54) is 12.4 Å². The molecule has 0 aliphatic heterocycles. The molecule has 2 aromatic carbocycles. The molecular formula is C21H21ClN4O. The van der Waals surface area contributed by atoms with Gasteiger partial charge in [-0.25, -0.2) is 9.97 Å². The summed E-state index contributed by atoms with van der Waals surface area (Å²) in [4.78, 5) is 21.0. The minimum Gasteiger partial charge on any atom is -0.324 e. The van der Waals surface area contributed by atoms with Gasteiger partial charge in [0.25, 0.3) is 5.91 Å². The molecule has 0 spiro atoms. The summed E-state index contributed by atoms with van der Waals surface area (Å²) in [5.74, 6) is 0.162. The molecule has 5 nitrogen and oxygen atoms in total. The van der Waals surface area contributed by atoms with Crippen molar-refractivity contribution in [2.45, 2.75) is 27.7 Å². The van der Waals surface area contributed by atoms with Crippen molar-refractivity contribution in [2.75, 3.05) is 10.6 Å².